The molecule has 2 aliphatic rings. The number of aliphatic hydroxyl groups is 1. The number of fused-ring (bicyclic) bond motifs is 1. The Hall–Kier alpha value is -2.76. The van der Waals surface area contributed by atoms with Crippen molar-refractivity contribution in [2.75, 3.05) is 44.2 Å². The van der Waals surface area contributed by atoms with Gasteiger partial charge in [0.15, 0.2) is 0 Å². The molecular weight excluding hydrogens is 530 g/mol. The minimum Gasteiger partial charge on any atom is -0.395 e. The molecule has 37 heavy (non-hydrogen) atoms. The first-order valence-electron chi connectivity index (χ1n) is 12.0. The average molecular weight is 556 g/mol. The first kappa shape index (κ1) is 25.9. The highest BCUT2D eigenvalue weighted by molar-refractivity contribution is 8.26. The molecule has 2 saturated heterocycles. The maximum absolute atomic E-state index is 13.7. The summed E-state index contributed by atoms with van der Waals surface area (Å²) in [5.41, 5.74) is 2.39. The van der Waals surface area contributed by atoms with Gasteiger partial charge in [0.05, 0.1) is 23.6 Å². The molecule has 4 heterocycles. The molecule has 2 aromatic heterocycles. The summed E-state index contributed by atoms with van der Waals surface area (Å²) in [6.45, 7) is 5.70. The summed E-state index contributed by atoms with van der Waals surface area (Å²) in [6.07, 6.45) is 3.33. The normalized spacial score (nSPS) is 18.0. The highest BCUT2D eigenvalue weighted by Crippen LogP contribution is 2.35. The van der Waals surface area contributed by atoms with E-state index in [0.717, 1.165) is 24.2 Å². The van der Waals surface area contributed by atoms with Crippen LogP contribution in [-0.4, -0.2) is 73.8 Å². The third kappa shape index (κ3) is 5.17. The predicted molar refractivity (Wildman–Crippen MR) is 152 cm³/mol. The number of β-amino-alcohol motifs (C(OH)–C–C–N with tert-alkyl or cyclic N) is 1. The van der Waals surface area contributed by atoms with Crippen LogP contribution in [0.25, 0.3) is 11.7 Å². The Morgan fingerprint density at radius 3 is 2.62 bits per heavy atom. The molecule has 0 saturated carbocycles. The number of piperazine rings is 1. The van der Waals surface area contributed by atoms with Gasteiger partial charge in [-0.15, -0.1) is 0 Å². The van der Waals surface area contributed by atoms with Crippen molar-refractivity contribution in [2.24, 2.45) is 0 Å². The van der Waals surface area contributed by atoms with E-state index in [-0.39, 0.29) is 24.6 Å². The second kappa shape index (κ2) is 10.9. The molecule has 0 atom stereocenters. The van der Waals surface area contributed by atoms with Gasteiger partial charge in [-0.25, -0.2) is 4.98 Å². The SMILES string of the molecule is Cc1cccn2c(=O)c(C=C3SC(=S)N(Cc4ccccc4Cl)C3=O)c(N3CCN(CCO)CC3)nc12. The number of aliphatic hydroxyl groups excluding tert-OH is 1. The zero-order valence-electron chi connectivity index (χ0n) is 20.3. The molecule has 2 fully saturated rings. The second-order valence-electron chi connectivity index (χ2n) is 8.95. The molecule has 2 aliphatic heterocycles. The van der Waals surface area contributed by atoms with Gasteiger partial charge in [0.1, 0.15) is 15.8 Å². The lowest BCUT2D eigenvalue weighted by Crippen LogP contribution is -2.48. The smallest absolute Gasteiger partial charge is 0.267 e. The van der Waals surface area contributed by atoms with Crippen molar-refractivity contribution in [3.8, 4) is 0 Å². The van der Waals surface area contributed by atoms with Crippen molar-refractivity contribution in [1.29, 1.82) is 0 Å². The molecule has 0 spiro atoms. The van der Waals surface area contributed by atoms with Gasteiger partial charge in [0.25, 0.3) is 11.5 Å². The number of aromatic nitrogens is 2. The van der Waals surface area contributed by atoms with Crippen LogP contribution < -0.4 is 10.5 Å². The van der Waals surface area contributed by atoms with Crippen molar-refractivity contribution in [2.45, 2.75) is 13.5 Å². The molecule has 0 aliphatic carbocycles. The van der Waals surface area contributed by atoms with Gasteiger partial charge < -0.3 is 10.0 Å². The molecule has 8 nitrogen and oxygen atoms in total. The number of anilines is 1. The molecule has 0 bridgehead atoms. The maximum Gasteiger partial charge on any atom is 0.267 e. The zero-order chi connectivity index (χ0) is 26.1. The highest BCUT2D eigenvalue weighted by atomic mass is 35.5. The molecule has 1 aromatic carbocycles. The summed E-state index contributed by atoms with van der Waals surface area (Å²) in [4.78, 5) is 38.2. The Bertz CT molecular complexity index is 1470. The van der Waals surface area contributed by atoms with Crippen LogP contribution in [0.2, 0.25) is 5.02 Å². The van der Waals surface area contributed by atoms with E-state index >= 15 is 0 Å². The largest absolute Gasteiger partial charge is 0.395 e. The molecule has 3 aromatic rings. The Labute approximate surface area is 229 Å². The Morgan fingerprint density at radius 2 is 1.89 bits per heavy atom. The molecule has 1 amide bonds. The minimum atomic E-state index is -0.262. The lowest BCUT2D eigenvalue weighted by molar-refractivity contribution is -0.122. The number of carbonyl (C=O) groups excluding carboxylic acids is 1. The van der Waals surface area contributed by atoms with Crippen molar-refractivity contribution in [1.82, 2.24) is 19.2 Å². The molecule has 192 valence electrons. The van der Waals surface area contributed by atoms with E-state index in [9.17, 15) is 14.7 Å². The van der Waals surface area contributed by atoms with E-state index < -0.39 is 0 Å². The number of hydrogen-bond donors (Lipinski definition) is 1. The average Bonchev–Trinajstić information content (AvgIpc) is 3.15. The van der Waals surface area contributed by atoms with Crippen LogP contribution in [-0.2, 0) is 11.3 Å². The Morgan fingerprint density at radius 1 is 1.14 bits per heavy atom. The third-order valence-corrected chi connectivity index (χ3v) is 8.33. The van der Waals surface area contributed by atoms with Crippen molar-refractivity contribution >= 4 is 63.3 Å². The first-order chi connectivity index (χ1) is 17.9. The first-order valence-corrected chi connectivity index (χ1v) is 13.6. The van der Waals surface area contributed by atoms with Crippen molar-refractivity contribution < 1.29 is 9.90 Å². The summed E-state index contributed by atoms with van der Waals surface area (Å²) in [5, 5.41) is 9.86. The number of thioether (sulfide) groups is 1. The number of halogens is 1. The van der Waals surface area contributed by atoms with Gasteiger partial charge in [-0.1, -0.05) is 59.8 Å². The molecule has 0 unspecified atom stereocenters. The fourth-order valence-corrected chi connectivity index (χ4v) is 5.99. The number of hydrogen-bond acceptors (Lipinski definition) is 8. The van der Waals surface area contributed by atoms with Gasteiger partial charge in [0.2, 0.25) is 0 Å². The molecule has 5 rings (SSSR count). The third-order valence-electron chi connectivity index (χ3n) is 6.59. The summed E-state index contributed by atoms with van der Waals surface area (Å²) in [7, 11) is 0. The molecule has 1 N–H and O–H groups in total. The molecule has 11 heteroatoms. The number of carbonyl (C=O) groups is 1. The van der Waals surface area contributed by atoms with Crippen LogP contribution in [0.15, 0.2) is 52.3 Å². The van der Waals surface area contributed by atoms with E-state index in [0.29, 0.717) is 50.9 Å². The van der Waals surface area contributed by atoms with Gasteiger partial charge >= 0.3 is 0 Å². The van der Waals surface area contributed by atoms with Crippen LogP contribution in [0.5, 0.6) is 0 Å². The van der Waals surface area contributed by atoms with Crippen LogP contribution in [0, 0.1) is 6.92 Å². The highest BCUT2D eigenvalue weighted by Gasteiger charge is 2.33. The van der Waals surface area contributed by atoms with E-state index in [1.54, 1.807) is 18.3 Å². The van der Waals surface area contributed by atoms with Gasteiger partial charge in [-0.05, 0) is 36.3 Å². The molecule has 0 radical (unpaired) electrons. The minimum absolute atomic E-state index is 0.107. The van der Waals surface area contributed by atoms with Gasteiger partial charge in [-0.2, -0.15) is 0 Å². The van der Waals surface area contributed by atoms with Crippen molar-refractivity contribution in [3.63, 3.8) is 0 Å². The quantitative estimate of drug-likeness (QED) is 0.367. The second-order valence-corrected chi connectivity index (χ2v) is 11.0. The number of rotatable bonds is 6. The van der Waals surface area contributed by atoms with Crippen LogP contribution >= 0.6 is 35.6 Å². The zero-order valence-corrected chi connectivity index (χ0v) is 22.7. The van der Waals surface area contributed by atoms with E-state index in [2.05, 4.69) is 9.80 Å². The summed E-state index contributed by atoms with van der Waals surface area (Å²) in [5.74, 6) is 0.293. The number of nitrogens with zero attached hydrogens (tertiary/aromatic N) is 5. The lowest BCUT2D eigenvalue weighted by Gasteiger charge is -2.35. The van der Waals surface area contributed by atoms with E-state index in [1.807, 2.05) is 37.3 Å². The summed E-state index contributed by atoms with van der Waals surface area (Å²) < 4.78 is 1.94. The number of pyridine rings is 1. The van der Waals surface area contributed by atoms with E-state index in [4.69, 9.17) is 28.8 Å². The number of aryl methyl sites for hydroxylation is 1. The van der Waals surface area contributed by atoms with Crippen LogP contribution in [0.1, 0.15) is 16.7 Å². The lowest BCUT2D eigenvalue weighted by atomic mass is 10.2. The van der Waals surface area contributed by atoms with E-state index in [1.165, 1.54) is 21.1 Å². The maximum atomic E-state index is 13.7. The summed E-state index contributed by atoms with van der Waals surface area (Å²) in [6, 6.07) is 11.1. The standard InChI is InChI=1S/C26H26ClN5O3S2/c1-17-5-4-8-31-22(17)28-23(30-11-9-29(10-12-30)13-14-33)19(24(31)34)15-21-25(35)32(26(36)37-21)16-18-6-2-3-7-20(18)27/h2-8,15,33H,9-14,16H2,1H3. The Balaban J connectivity index is 1.54. The monoisotopic (exact) mass is 555 g/mol. The van der Waals surface area contributed by atoms with Crippen molar-refractivity contribution in [3.05, 3.63) is 79.6 Å². The summed E-state index contributed by atoms with van der Waals surface area (Å²) >= 11 is 13.0. The van der Waals surface area contributed by atoms with Crippen LogP contribution in [0.4, 0.5) is 5.82 Å². The van der Waals surface area contributed by atoms with Crippen LogP contribution in [0.3, 0.4) is 0 Å². The number of amides is 1. The van der Waals surface area contributed by atoms with Gasteiger partial charge in [0, 0.05) is 43.9 Å². The fourth-order valence-electron chi connectivity index (χ4n) is 4.56. The topological polar surface area (TPSA) is 81.4 Å². The van der Waals surface area contributed by atoms with Gasteiger partial charge in [-0.3, -0.25) is 23.8 Å². The molecular formula is C26H26ClN5O3S2. The predicted octanol–water partition coefficient (Wildman–Crippen LogP) is 3.17. The Kier molecular flexibility index (Phi) is 7.64. The number of benzene rings is 1. The fraction of sp³-hybridized carbons (Fsp3) is 0.308. The number of thiocarbonyl (C=S) groups is 1.